The fraction of sp³-hybridized carbons (Fsp3) is 0.211. The number of hydrogen-bond donors (Lipinski definition) is 1. The lowest BCUT2D eigenvalue weighted by Crippen LogP contribution is -1.98. The van der Waals surface area contributed by atoms with Crippen LogP contribution in [0.25, 0.3) is 5.76 Å². The van der Waals surface area contributed by atoms with Gasteiger partial charge in [0.25, 0.3) is 0 Å². The lowest BCUT2D eigenvalue weighted by Gasteiger charge is -2.08. The van der Waals surface area contributed by atoms with E-state index in [2.05, 4.69) is 0 Å². The second-order valence-electron chi connectivity index (χ2n) is 5.65. The van der Waals surface area contributed by atoms with Crippen molar-refractivity contribution in [3.63, 3.8) is 0 Å². The maximum atomic E-state index is 12.9. The van der Waals surface area contributed by atoms with Gasteiger partial charge in [-0.1, -0.05) is 24.3 Å². The van der Waals surface area contributed by atoms with Gasteiger partial charge < -0.3 is 9.84 Å². The molecule has 2 aromatic carbocycles. The number of benzene rings is 2. The minimum Gasteiger partial charge on any atom is -0.507 e. The molecule has 0 amide bonds. The van der Waals surface area contributed by atoms with Gasteiger partial charge in [-0.15, -0.1) is 0 Å². The van der Waals surface area contributed by atoms with Crippen LogP contribution in [0, 0.1) is 11.7 Å². The molecule has 0 heterocycles. The predicted molar refractivity (Wildman–Crippen MR) is 85.5 cm³/mol. The number of aliphatic hydroxyl groups excluding tert-OH is 1. The van der Waals surface area contributed by atoms with E-state index in [0.717, 1.165) is 18.4 Å². The van der Waals surface area contributed by atoms with Crippen LogP contribution < -0.4 is 4.74 Å². The first-order valence-electron chi connectivity index (χ1n) is 7.54. The molecule has 0 spiro atoms. The zero-order chi connectivity index (χ0) is 16.2. The topological polar surface area (TPSA) is 46.5 Å². The van der Waals surface area contributed by atoms with Gasteiger partial charge in [-0.2, -0.15) is 0 Å². The monoisotopic (exact) mass is 312 g/mol. The van der Waals surface area contributed by atoms with Crippen molar-refractivity contribution in [3.05, 3.63) is 71.6 Å². The molecule has 2 aromatic rings. The molecule has 0 unspecified atom stereocenters. The average molecular weight is 312 g/mol. The van der Waals surface area contributed by atoms with E-state index >= 15 is 0 Å². The van der Waals surface area contributed by atoms with Gasteiger partial charge in [0.15, 0.2) is 5.78 Å². The third-order valence-electron chi connectivity index (χ3n) is 3.71. The smallest absolute Gasteiger partial charge is 0.162 e. The van der Waals surface area contributed by atoms with E-state index in [9.17, 15) is 14.3 Å². The molecule has 1 aliphatic carbocycles. The molecular weight excluding hydrogens is 295 g/mol. The molecule has 0 aromatic heterocycles. The van der Waals surface area contributed by atoms with Crippen LogP contribution in [0.4, 0.5) is 4.39 Å². The Bertz CT molecular complexity index is 731. The molecule has 1 saturated carbocycles. The van der Waals surface area contributed by atoms with Crippen molar-refractivity contribution in [2.45, 2.75) is 19.4 Å². The summed E-state index contributed by atoms with van der Waals surface area (Å²) in [5.74, 6) is 0.293. The van der Waals surface area contributed by atoms with Crippen LogP contribution in [-0.2, 0) is 11.4 Å². The van der Waals surface area contributed by atoms with Crippen LogP contribution in [0.5, 0.6) is 5.75 Å². The molecule has 3 rings (SSSR count). The van der Waals surface area contributed by atoms with Crippen molar-refractivity contribution in [1.82, 2.24) is 0 Å². The molecule has 1 fully saturated rings. The van der Waals surface area contributed by atoms with Gasteiger partial charge in [0.2, 0.25) is 0 Å². The van der Waals surface area contributed by atoms with Crippen molar-refractivity contribution in [2.24, 2.45) is 5.92 Å². The summed E-state index contributed by atoms with van der Waals surface area (Å²) in [6.45, 7) is 0.301. The number of hydrogen-bond acceptors (Lipinski definition) is 3. The maximum absolute atomic E-state index is 12.9. The van der Waals surface area contributed by atoms with Gasteiger partial charge in [0, 0.05) is 17.6 Å². The molecule has 3 nitrogen and oxygen atoms in total. The molecule has 0 atom stereocenters. The number of carbonyl (C=O) groups is 1. The van der Waals surface area contributed by atoms with Gasteiger partial charge in [-0.05, 0) is 42.7 Å². The van der Waals surface area contributed by atoms with Crippen LogP contribution in [0.3, 0.4) is 0 Å². The van der Waals surface area contributed by atoms with Crippen molar-refractivity contribution in [2.75, 3.05) is 0 Å². The average Bonchev–Trinajstić information content (AvgIpc) is 3.39. The van der Waals surface area contributed by atoms with E-state index in [1.54, 1.807) is 36.4 Å². The van der Waals surface area contributed by atoms with Gasteiger partial charge in [0.05, 0.1) is 0 Å². The number of carbonyl (C=O) groups excluding carboxylic acids is 1. The van der Waals surface area contributed by atoms with E-state index < -0.39 is 0 Å². The van der Waals surface area contributed by atoms with Gasteiger partial charge in [0.1, 0.15) is 23.9 Å². The lowest BCUT2D eigenvalue weighted by atomic mass is 10.1. The quantitative estimate of drug-likeness (QED) is 0.639. The van der Waals surface area contributed by atoms with Gasteiger partial charge >= 0.3 is 0 Å². The standard InChI is InChI=1S/C19H17FO3/c20-16-8-4-13(5-9-16)12-23-17-3-1-2-15(10-17)19(22)11-18(21)14-6-7-14/h1-5,8-11,14,22H,6-7,12H2/b19-11-. The Morgan fingerprint density at radius 2 is 1.96 bits per heavy atom. The summed E-state index contributed by atoms with van der Waals surface area (Å²) in [5.41, 5.74) is 1.39. The third-order valence-corrected chi connectivity index (χ3v) is 3.71. The predicted octanol–water partition coefficient (Wildman–Crippen LogP) is 4.28. The summed E-state index contributed by atoms with van der Waals surface area (Å²) in [6, 6.07) is 13.0. The van der Waals surface area contributed by atoms with Crippen molar-refractivity contribution in [1.29, 1.82) is 0 Å². The lowest BCUT2D eigenvalue weighted by molar-refractivity contribution is -0.115. The SMILES string of the molecule is O=C(/C=C(\O)c1cccc(OCc2ccc(F)cc2)c1)C1CC1. The second-order valence-corrected chi connectivity index (χ2v) is 5.65. The summed E-state index contributed by atoms with van der Waals surface area (Å²) in [4.78, 5) is 11.7. The minimum absolute atomic E-state index is 0.0277. The molecular formula is C19H17FO3. The highest BCUT2D eigenvalue weighted by molar-refractivity contribution is 5.98. The van der Waals surface area contributed by atoms with Crippen LogP contribution in [-0.4, -0.2) is 10.9 Å². The first-order valence-corrected chi connectivity index (χ1v) is 7.54. The van der Waals surface area contributed by atoms with E-state index in [1.807, 2.05) is 0 Å². The van der Waals surface area contributed by atoms with Crippen LogP contribution in [0.1, 0.15) is 24.0 Å². The largest absolute Gasteiger partial charge is 0.507 e. The highest BCUT2D eigenvalue weighted by Gasteiger charge is 2.28. The maximum Gasteiger partial charge on any atom is 0.162 e. The highest BCUT2D eigenvalue weighted by atomic mass is 19.1. The normalized spacial score (nSPS) is 14.6. The highest BCUT2D eigenvalue weighted by Crippen LogP contribution is 2.31. The summed E-state index contributed by atoms with van der Waals surface area (Å²) >= 11 is 0. The van der Waals surface area contributed by atoms with E-state index in [1.165, 1.54) is 18.2 Å². The second kappa shape index (κ2) is 6.65. The molecule has 0 aliphatic heterocycles. The van der Waals surface area contributed by atoms with Crippen molar-refractivity contribution >= 4 is 11.5 Å². The van der Waals surface area contributed by atoms with Crippen LogP contribution in [0.2, 0.25) is 0 Å². The Kier molecular flexibility index (Phi) is 4.42. The Morgan fingerprint density at radius 3 is 2.65 bits per heavy atom. The fourth-order valence-corrected chi connectivity index (χ4v) is 2.20. The molecule has 0 saturated heterocycles. The van der Waals surface area contributed by atoms with E-state index in [0.29, 0.717) is 17.9 Å². The Hall–Kier alpha value is -2.62. The molecule has 1 N–H and O–H groups in total. The number of halogens is 1. The third kappa shape index (κ3) is 4.19. The Labute approximate surface area is 134 Å². The number of rotatable bonds is 6. The number of allylic oxidation sites excluding steroid dienone is 1. The van der Waals surface area contributed by atoms with E-state index in [4.69, 9.17) is 4.74 Å². The Balaban J connectivity index is 1.66. The fourth-order valence-electron chi connectivity index (χ4n) is 2.20. The van der Waals surface area contributed by atoms with Crippen LogP contribution >= 0.6 is 0 Å². The molecule has 118 valence electrons. The zero-order valence-corrected chi connectivity index (χ0v) is 12.5. The molecule has 0 bridgehead atoms. The van der Waals surface area contributed by atoms with Crippen molar-refractivity contribution in [3.8, 4) is 5.75 Å². The number of ketones is 1. The Morgan fingerprint density at radius 1 is 1.22 bits per heavy atom. The first kappa shape index (κ1) is 15.3. The zero-order valence-electron chi connectivity index (χ0n) is 12.5. The number of aliphatic hydroxyl groups is 1. The van der Waals surface area contributed by atoms with Crippen molar-refractivity contribution < 1.29 is 19.0 Å². The summed E-state index contributed by atoms with van der Waals surface area (Å²) in [6.07, 6.45) is 3.10. The molecule has 4 heteroatoms. The molecule has 1 aliphatic rings. The number of ether oxygens (including phenoxy) is 1. The van der Waals surface area contributed by atoms with Gasteiger partial charge in [-0.25, -0.2) is 4.39 Å². The van der Waals surface area contributed by atoms with E-state index in [-0.39, 0.29) is 23.3 Å². The summed E-state index contributed by atoms with van der Waals surface area (Å²) in [5, 5.41) is 10.1. The minimum atomic E-state index is -0.286. The summed E-state index contributed by atoms with van der Waals surface area (Å²) < 4.78 is 18.5. The van der Waals surface area contributed by atoms with Gasteiger partial charge in [-0.3, -0.25) is 4.79 Å². The van der Waals surface area contributed by atoms with Crippen LogP contribution in [0.15, 0.2) is 54.6 Å². The first-order chi connectivity index (χ1) is 11.1. The molecule has 23 heavy (non-hydrogen) atoms. The molecule has 0 radical (unpaired) electrons. The summed E-state index contributed by atoms with van der Waals surface area (Å²) in [7, 11) is 0.